The quantitative estimate of drug-likeness (QED) is 0.413. The number of hydrogen-bond acceptors (Lipinski definition) is 4. The zero-order valence-electron chi connectivity index (χ0n) is 15.9. The Balaban J connectivity index is 1.36. The lowest BCUT2D eigenvalue weighted by Crippen LogP contribution is -1.87. The van der Waals surface area contributed by atoms with Gasteiger partial charge < -0.3 is 0 Å². The first kappa shape index (κ1) is 18.4. The van der Waals surface area contributed by atoms with Crippen molar-refractivity contribution in [2.24, 2.45) is 9.98 Å². The van der Waals surface area contributed by atoms with Crippen LogP contribution in [0.25, 0.3) is 0 Å². The summed E-state index contributed by atoms with van der Waals surface area (Å²) in [6, 6.07) is 26.2. The summed E-state index contributed by atoms with van der Waals surface area (Å²) >= 11 is 0. The third kappa shape index (κ3) is 5.53. The maximum atomic E-state index is 4.51. The van der Waals surface area contributed by atoms with Crippen LogP contribution in [0.2, 0.25) is 0 Å². The van der Waals surface area contributed by atoms with Crippen molar-refractivity contribution in [2.45, 2.75) is 6.42 Å². The predicted octanol–water partition coefficient (Wildman–Crippen LogP) is 5.57. The SMILES string of the molecule is C(=Nc1ccc(Cc2ccc(N=Cc3ccccn3)cc2)cc1)c1ccncc1. The molecule has 4 aromatic rings. The van der Waals surface area contributed by atoms with Crippen molar-refractivity contribution in [3.63, 3.8) is 0 Å². The molecule has 0 aliphatic heterocycles. The van der Waals surface area contributed by atoms with Gasteiger partial charge in [-0.05, 0) is 71.6 Å². The van der Waals surface area contributed by atoms with Crippen LogP contribution >= 0.6 is 0 Å². The molecule has 0 amide bonds. The molecule has 0 fully saturated rings. The van der Waals surface area contributed by atoms with E-state index in [-0.39, 0.29) is 0 Å². The second kappa shape index (κ2) is 9.33. The maximum Gasteiger partial charge on any atom is 0.0812 e. The lowest BCUT2D eigenvalue weighted by atomic mass is 10.0. The molecule has 0 radical (unpaired) electrons. The van der Waals surface area contributed by atoms with Crippen molar-refractivity contribution in [3.8, 4) is 0 Å². The molecular formula is C25H20N4. The van der Waals surface area contributed by atoms with Gasteiger partial charge in [-0.25, -0.2) is 0 Å². The third-order valence-electron chi connectivity index (χ3n) is 4.38. The van der Waals surface area contributed by atoms with E-state index in [1.165, 1.54) is 11.1 Å². The molecule has 2 aromatic heterocycles. The standard InChI is InChI=1S/C25H20N4/c1-2-14-27-25(3-1)19-29-24-10-6-21(7-11-24)17-20-4-8-23(9-5-20)28-18-22-12-15-26-16-13-22/h1-16,18-19H,17H2. The molecule has 4 nitrogen and oxygen atoms in total. The highest BCUT2D eigenvalue weighted by Gasteiger charge is 1.98. The normalized spacial score (nSPS) is 11.3. The van der Waals surface area contributed by atoms with Crippen molar-refractivity contribution in [1.82, 2.24) is 9.97 Å². The number of aliphatic imine (C=N–C) groups is 2. The Morgan fingerprint density at radius 1 is 0.621 bits per heavy atom. The highest BCUT2D eigenvalue weighted by Crippen LogP contribution is 2.18. The average molecular weight is 376 g/mol. The molecule has 0 spiro atoms. The van der Waals surface area contributed by atoms with E-state index < -0.39 is 0 Å². The minimum atomic E-state index is 0.850. The highest BCUT2D eigenvalue weighted by molar-refractivity contribution is 5.81. The second-order valence-corrected chi connectivity index (χ2v) is 6.56. The summed E-state index contributed by atoms with van der Waals surface area (Å²) in [5.74, 6) is 0. The number of nitrogens with zero attached hydrogens (tertiary/aromatic N) is 4. The number of hydrogen-bond donors (Lipinski definition) is 0. The Kier molecular flexibility index (Phi) is 5.93. The summed E-state index contributed by atoms with van der Waals surface area (Å²) in [6.45, 7) is 0. The molecule has 29 heavy (non-hydrogen) atoms. The molecule has 0 N–H and O–H groups in total. The van der Waals surface area contributed by atoms with Crippen LogP contribution < -0.4 is 0 Å². The van der Waals surface area contributed by atoms with Gasteiger partial charge in [0, 0.05) is 24.8 Å². The van der Waals surface area contributed by atoms with Gasteiger partial charge in [0.1, 0.15) is 0 Å². The minimum absolute atomic E-state index is 0.850. The molecule has 0 aliphatic rings. The Labute approximate surface area is 170 Å². The van der Waals surface area contributed by atoms with Crippen LogP contribution in [0.15, 0.2) is 107 Å². The molecule has 4 rings (SSSR count). The third-order valence-corrected chi connectivity index (χ3v) is 4.38. The summed E-state index contributed by atoms with van der Waals surface area (Å²) in [4.78, 5) is 17.2. The summed E-state index contributed by atoms with van der Waals surface area (Å²) < 4.78 is 0. The van der Waals surface area contributed by atoms with Crippen LogP contribution in [-0.4, -0.2) is 22.4 Å². The highest BCUT2D eigenvalue weighted by atomic mass is 14.8. The minimum Gasteiger partial charge on any atom is -0.265 e. The molecule has 2 aromatic carbocycles. The molecule has 4 heteroatoms. The Morgan fingerprint density at radius 3 is 1.83 bits per heavy atom. The molecule has 0 aliphatic carbocycles. The van der Waals surface area contributed by atoms with Gasteiger partial charge in [0.2, 0.25) is 0 Å². The molecule has 140 valence electrons. The molecule has 2 heterocycles. The lowest BCUT2D eigenvalue weighted by Gasteiger charge is -2.03. The first-order chi connectivity index (χ1) is 14.3. The van der Waals surface area contributed by atoms with Crippen LogP contribution in [0.4, 0.5) is 11.4 Å². The molecule has 0 bridgehead atoms. The summed E-state index contributed by atoms with van der Waals surface area (Å²) in [7, 11) is 0. The van der Waals surface area contributed by atoms with Gasteiger partial charge in [-0.3, -0.25) is 20.0 Å². The van der Waals surface area contributed by atoms with Crippen molar-refractivity contribution in [1.29, 1.82) is 0 Å². The van der Waals surface area contributed by atoms with E-state index in [4.69, 9.17) is 0 Å². The van der Waals surface area contributed by atoms with Gasteiger partial charge in [0.15, 0.2) is 0 Å². The fraction of sp³-hybridized carbons (Fsp3) is 0.0400. The number of benzene rings is 2. The van der Waals surface area contributed by atoms with Gasteiger partial charge in [0.25, 0.3) is 0 Å². The molecule has 0 atom stereocenters. The average Bonchev–Trinajstić information content (AvgIpc) is 2.80. The Bertz CT molecular complexity index is 994. The fourth-order valence-electron chi connectivity index (χ4n) is 2.83. The van der Waals surface area contributed by atoms with Crippen molar-refractivity contribution in [3.05, 3.63) is 120 Å². The topological polar surface area (TPSA) is 50.5 Å². The summed E-state index contributed by atoms with van der Waals surface area (Å²) in [5.41, 5.74) is 6.23. The summed E-state index contributed by atoms with van der Waals surface area (Å²) in [6.07, 6.45) is 9.79. The molecule has 0 saturated carbocycles. The predicted molar refractivity (Wildman–Crippen MR) is 119 cm³/mol. The van der Waals surface area contributed by atoms with E-state index in [2.05, 4.69) is 44.2 Å². The van der Waals surface area contributed by atoms with E-state index in [1.807, 2.05) is 60.8 Å². The van der Waals surface area contributed by atoms with Gasteiger partial charge >= 0.3 is 0 Å². The van der Waals surface area contributed by atoms with Gasteiger partial charge in [0.05, 0.1) is 23.3 Å². The fourth-order valence-corrected chi connectivity index (χ4v) is 2.83. The van der Waals surface area contributed by atoms with Crippen LogP contribution in [0.5, 0.6) is 0 Å². The first-order valence-corrected chi connectivity index (χ1v) is 9.42. The number of pyridine rings is 2. The lowest BCUT2D eigenvalue weighted by molar-refractivity contribution is 1.19. The first-order valence-electron chi connectivity index (χ1n) is 9.42. The Hall–Kier alpha value is -3.92. The van der Waals surface area contributed by atoms with E-state index >= 15 is 0 Å². The van der Waals surface area contributed by atoms with Crippen LogP contribution in [0.3, 0.4) is 0 Å². The van der Waals surface area contributed by atoms with E-state index in [1.54, 1.807) is 24.8 Å². The maximum absolute atomic E-state index is 4.51. The van der Waals surface area contributed by atoms with Crippen molar-refractivity contribution in [2.75, 3.05) is 0 Å². The number of aromatic nitrogens is 2. The molecular weight excluding hydrogens is 356 g/mol. The van der Waals surface area contributed by atoms with Gasteiger partial charge in [-0.2, -0.15) is 0 Å². The largest absolute Gasteiger partial charge is 0.265 e. The van der Waals surface area contributed by atoms with E-state index in [0.29, 0.717) is 0 Å². The van der Waals surface area contributed by atoms with E-state index in [9.17, 15) is 0 Å². The monoisotopic (exact) mass is 376 g/mol. The van der Waals surface area contributed by atoms with Gasteiger partial charge in [-0.1, -0.05) is 30.3 Å². The zero-order valence-corrected chi connectivity index (χ0v) is 15.9. The zero-order chi connectivity index (χ0) is 19.7. The summed E-state index contributed by atoms with van der Waals surface area (Å²) in [5, 5.41) is 0. The van der Waals surface area contributed by atoms with Crippen LogP contribution in [0, 0.1) is 0 Å². The smallest absolute Gasteiger partial charge is 0.0812 e. The van der Waals surface area contributed by atoms with Crippen LogP contribution in [-0.2, 0) is 6.42 Å². The second-order valence-electron chi connectivity index (χ2n) is 6.56. The molecule has 0 unspecified atom stereocenters. The molecule has 0 saturated heterocycles. The van der Waals surface area contributed by atoms with Crippen molar-refractivity contribution >= 4 is 23.8 Å². The van der Waals surface area contributed by atoms with E-state index in [0.717, 1.165) is 29.1 Å². The number of rotatable bonds is 6. The van der Waals surface area contributed by atoms with Crippen LogP contribution in [0.1, 0.15) is 22.4 Å². The Morgan fingerprint density at radius 2 is 1.24 bits per heavy atom. The van der Waals surface area contributed by atoms with Crippen molar-refractivity contribution < 1.29 is 0 Å². The van der Waals surface area contributed by atoms with Gasteiger partial charge in [-0.15, -0.1) is 0 Å².